The number of piperidine rings is 1. The van der Waals surface area contributed by atoms with E-state index in [9.17, 15) is 9.59 Å². The topological polar surface area (TPSA) is 101 Å². The van der Waals surface area contributed by atoms with Gasteiger partial charge in [0, 0.05) is 32.1 Å². The predicted octanol–water partition coefficient (Wildman–Crippen LogP) is 4.05. The first-order chi connectivity index (χ1) is 15.1. The van der Waals surface area contributed by atoms with Crippen LogP contribution in [-0.2, 0) is 16.0 Å². The number of hydrogen-bond donors (Lipinski definition) is 1. The van der Waals surface area contributed by atoms with Gasteiger partial charge in [-0.05, 0) is 42.8 Å². The number of thiophene rings is 1. The van der Waals surface area contributed by atoms with E-state index in [0.29, 0.717) is 54.9 Å². The Morgan fingerprint density at radius 3 is 3.00 bits per heavy atom. The van der Waals surface area contributed by atoms with E-state index < -0.39 is 0 Å². The third-order valence-electron chi connectivity index (χ3n) is 5.11. The van der Waals surface area contributed by atoms with Crippen LogP contribution in [0.4, 0.5) is 5.82 Å². The van der Waals surface area contributed by atoms with Gasteiger partial charge in [-0.25, -0.2) is 4.98 Å². The van der Waals surface area contributed by atoms with Gasteiger partial charge in [0.05, 0.1) is 15.8 Å². The first-order valence-electron chi connectivity index (χ1n) is 10.1. The van der Waals surface area contributed by atoms with Crippen molar-refractivity contribution >= 4 is 40.6 Å². The van der Waals surface area contributed by atoms with Crippen molar-refractivity contribution in [3.8, 4) is 10.7 Å². The summed E-state index contributed by atoms with van der Waals surface area (Å²) < 4.78 is 5.28. The fraction of sp³-hybridized carbons (Fsp3) is 0.381. The number of carbonyl (C=O) groups excluding carboxylic acids is 2. The highest BCUT2D eigenvalue weighted by Crippen LogP contribution is 2.22. The lowest BCUT2D eigenvalue weighted by Crippen LogP contribution is -2.43. The fourth-order valence-corrected chi connectivity index (χ4v) is 4.27. The molecule has 31 heavy (non-hydrogen) atoms. The van der Waals surface area contributed by atoms with Gasteiger partial charge in [-0.2, -0.15) is 4.98 Å². The van der Waals surface area contributed by atoms with Gasteiger partial charge in [0.1, 0.15) is 5.82 Å². The molecule has 162 valence electrons. The average Bonchev–Trinajstić information content (AvgIpc) is 3.47. The molecule has 1 atom stereocenters. The van der Waals surface area contributed by atoms with Gasteiger partial charge < -0.3 is 14.7 Å². The maximum Gasteiger partial charge on any atom is 0.230 e. The van der Waals surface area contributed by atoms with Crippen molar-refractivity contribution in [2.45, 2.75) is 32.1 Å². The smallest absolute Gasteiger partial charge is 0.230 e. The van der Waals surface area contributed by atoms with Crippen molar-refractivity contribution in [1.82, 2.24) is 20.0 Å². The van der Waals surface area contributed by atoms with Crippen molar-refractivity contribution in [1.29, 1.82) is 0 Å². The molecule has 0 radical (unpaired) electrons. The average molecular weight is 460 g/mol. The lowest BCUT2D eigenvalue weighted by Gasteiger charge is -2.32. The molecular weight excluding hydrogens is 438 g/mol. The summed E-state index contributed by atoms with van der Waals surface area (Å²) in [5, 5.41) is 9.26. The quantitative estimate of drug-likeness (QED) is 0.572. The molecular formula is C21H22ClN5O3S. The summed E-state index contributed by atoms with van der Waals surface area (Å²) in [6.45, 7) is 1.09. The van der Waals surface area contributed by atoms with Crippen molar-refractivity contribution < 1.29 is 14.1 Å². The van der Waals surface area contributed by atoms with Gasteiger partial charge in [0.25, 0.3) is 0 Å². The minimum atomic E-state index is -0.250. The number of rotatable bonds is 7. The summed E-state index contributed by atoms with van der Waals surface area (Å²) in [5.41, 5.74) is 0. The Morgan fingerprint density at radius 2 is 2.23 bits per heavy atom. The largest absolute Gasteiger partial charge is 0.342 e. The number of nitrogens with one attached hydrogen (secondary N) is 1. The fourth-order valence-electron chi connectivity index (χ4n) is 3.51. The number of pyridine rings is 1. The molecule has 1 aliphatic heterocycles. The second-order valence-corrected chi connectivity index (χ2v) is 8.76. The van der Waals surface area contributed by atoms with E-state index in [0.717, 1.165) is 17.7 Å². The van der Waals surface area contributed by atoms with E-state index in [4.69, 9.17) is 16.1 Å². The number of hydrogen-bond acceptors (Lipinski definition) is 7. The van der Waals surface area contributed by atoms with Crippen molar-refractivity contribution in [2.75, 3.05) is 18.4 Å². The van der Waals surface area contributed by atoms with Crippen LogP contribution in [0.3, 0.4) is 0 Å². The summed E-state index contributed by atoms with van der Waals surface area (Å²) in [7, 11) is 0. The molecule has 0 spiro atoms. The van der Waals surface area contributed by atoms with Crippen LogP contribution in [0.2, 0.25) is 5.02 Å². The Kier molecular flexibility index (Phi) is 6.93. The standard InChI is InChI=1S/C21H22ClN5O3S/c22-15-8-9-17(23-12-15)24-21(29)14-4-2-10-27(13-14)19(28)7-1-6-18-25-20(26-30-18)16-5-3-11-31-16/h3,5,8-9,11-12,14H,1-2,4,6-7,10,13H2,(H,23,24,29). The zero-order valence-electron chi connectivity index (χ0n) is 16.8. The van der Waals surface area contributed by atoms with Crippen LogP contribution in [0, 0.1) is 5.92 Å². The number of halogens is 1. The molecule has 4 rings (SSSR count). The highest BCUT2D eigenvalue weighted by atomic mass is 35.5. The summed E-state index contributed by atoms with van der Waals surface area (Å²) in [6.07, 6.45) is 4.57. The number of aryl methyl sites for hydroxylation is 1. The van der Waals surface area contributed by atoms with Crippen LogP contribution in [0.5, 0.6) is 0 Å². The molecule has 0 aromatic carbocycles. The molecule has 0 aliphatic carbocycles. The third kappa shape index (κ3) is 5.68. The lowest BCUT2D eigenvalue weighted by molar-refractivity contribution is -0.134. The molecule has 4 heterocycles. The van der Waals surface area contributed by atoms with Crippen LogP contribution < -0.4 is 5.32 Å². The first kappa shape index (κ1) is 21.5. The molecule has 1 unspecified atom stereocenters. The summed E-state index contributed by atoms with van der Waals surface area (Å²) in [4.78, 5) is 36.4. The normalized spacial score (nSPS) is 16.3. The van der Waals surface area contributed by atoms with Gasteiger partial charge in [-0.3, -0.25) is 9.59 Å². The van der Waals surface area contributed by atoms with E-state index in [1.54, 1.807) is 28.4 Å². The zero-order valence-corrected chi connectivity index (χ0v) is 18.4. The van der Waals surface area contributed by atoms with Gasteiger partial charge >= 0.3 is 0 Å². The van der Waals surface area contributed by atoms with Crippen LogP contribution in [-0.4, -0.2) is 44.9 Å². The molecule has 1 N–H and O–H groups in total. The number of aromatic nitrogens is 3. The monoisotopic (exact) mass is 459 g/mol. The minimum Gasteiger partial charge on any atom is -0.342 e. The highest BCUT2D eigenvalue weighted by Gasteiger charge is 2.28. The number of anilines is 1. The van der Waals surface area contributed by atoms with Crippen molar-refractivity contribution in [3.05, 3.63) is 46.8 Å². The molecule has 1 saturated heterocycles. The summed E-state index contributed by atoms with van der Waals surface area (Å²) in [6, 6.07) is 7.21. The van der Waals surface area contributed by atoms with Crippen LogP contribution in [0.15, 0.2) is 40.4 Å². The number of amides is 2. The Morgan fingerprint density at radius 1 is 1.32 bits per heavy atom. The molecule has 10 heteroatoms. The van der Waals surface area contributed by atoms with Crippen LogP contribution in [0.1, 0.15) is 31.6 Å². The number of nitrogens with zero attached hydrogens (tertiary/aromatic N) is 4. The zero-order chi connectivity index (χ0) is 21.6. The molecule has 1 fully saturated rings. The van der Waals surface area contributed by atoms with Crippen LogP contribution >= 0.6 is 22.9 Å². The Bertz CT molecular complexity index is 1020. The van der Waals surface area contributed by atoms with Crippen molar-refractivity contribution in [2.24, 2.45) is 5.92 Å². The Hall–Kier alpha value is -2.78. The summed E-state index contributed by atoms with van der Waals surface area (Å²) in [5.74, 6) is 1.23. The number of carbonyl (C=O) groups is 2. The second kappa shape index (κ2) is 10.0. The van der Waals surface area contributed by atoms with E-state index >= 15 is 0 Å². The van der Waals surface area contributed by atoms with Gasteiger partial charge in [-0.1, -0.05) is 22.8 Å². The van der Waals surface area contributed by atoms with Gasteiger partial charge in [0.15, 0.2) is 0 Å². The lowest BCUT2D eigenvalue weighted by atomic mass is 9.96. The van der Waals surface area contributed by atoms with E-state index in [-0.39, 0.29) is 17.7 Å². The maximum absolute atomic E-state index is 12.6. The molecule has 1 aliphatic rings. The molecule has 3 aromatic rings. The van der Waals surface area contributed by atoms with E-state index in [1.165, 1.54) is 6.20 Å². The Balaban J connectivity index is 1.24. The molecule has 8 nitrogen and oxygen atoms in total. The third-order valence-corrected chi connectivity index (χ3v) is 6.20. The SMILES string of the molecule is O=C(Nc1ccc(Cl)cn1)C1CCCN(C(=O)CCCc2nc(-c3cccs3)no2)C1. The Labute approximate surface area is 188 Å². The molecule has 0 saturated carbocycles. The number of likely N-dealkylation sites (tertiary alicyclic amines) is 1. The second-order valence-electron chi connectivity index (χ2n) is 7.37. The minimum absolute atomic E-state index is 0.0418. The first-order valence-corrected chi connectivity index (χ1v) is 11.4. The summed E-state index contributed by atoms with van der Waals surface area (Å²) >= 11 is 7.38. The molecule has 3 aromatic heterocycles. The molecule has 2 amide bonds. The maximum atomic E-state index is 12.6. The molecule has 0 bridgehead atoms. The van der Waals surface area contributed by atoms with E-state index in [2.05, 4.69) is 20.4 Å². The van der Waals surface area contributed by atoms with Crippen LogP contribution in [0.25, 0.3) is 10.7 Å². The van der Waals surface area contributed by atoms with E-state index in [1.807, 2.05) is 17.5 Å². The highest BCUT2D eigenvalue weighted by molar-refractivity contribution is 7.13. The van der Waals surface area contributed by atoms with Gasteiger partial charge in [0.2, 0.25) is 23.5 Å². The van der Waals surface area contributed by atoms with Crippen molar-refractivity contribution in [3.63, 3.8) is 0 Å². The van der Waals surface area contributed by atoms with Gasteiger partial charge in [-0.15, -0.1) is 11.3 Å². The predicted molar refractivity (Wildman–Crippen MR) is 118 cm³/mol.